The number of benzene rings is 3. The number of nitrogens with zero attached hydrogens (tertiary/aromatic N) is 2. The number of carbonyl (C=O) groups excluding carboxylic acids is 1. The smallest absolute Gasteiger partial charge is 0.254 e. The highest BCUT2D eigenvalue weighted by Gasteiger charge is 2.38. The van der Waals surface area contributed by atoms with Crippen LogP contribution in [0.1, 0.15) is 65.1 Å². The third-order valence-corrected chi connectivity index (χ3v) is 8.13. The lowest BCUT2D eigenvalue weighted by Crippen LogP contribution is -2.45. The molecule has 4 heteroatoms. The number of hydrogen-bond donors (Lipinski definition) is 0. The summed E-state index contributed by atoms with van der Waals surface area (Å²) in [6.45, 7) is 5.50. The maximum absolute atomic E-state index is 13.9. The summed E-state index contributed by atoms with van der Waals surface area (Å²) in [5.74, 6) is 0.647. The quantitative estimate of drug-likeness (QED) is 0.367. The van der Waals surface area contributed by atoms with E-state index in [1.54, 1.807) is 12.1 Å². The van der Waals surface area contributed by atoms with Crippen LogP contribution in [0, 0.1) is 18.7 Å². The van der Waals surface area contributed by atoms with Crippen molar-refractivity contribution in [3.8, 4) is 0 Å². The second-order valence-electron chi connectivity index (χ2n) is 10.7. The normalized spacial score (nSPS) is 20.9. The molecule has 0 N–H and O–H groups in total. The second-order valence-corrected chi connectivity index (χ2v) is 10.7. The molecule has 1 aliphatic carbocycles. The summed E-state index contributed by atoms with van der Waals surface area (Å²) in [7, 11) is 0. The van der Waals surface area contributed by atoms with Crippen LogP contribution < -0.4 is 0 Å². The molecule has 3 nitrogen and oxygen atoms in total. The van der Waals surface area contributed by atoms with Crippen molar-refractivity contribution in [1.29, 1.82) is 0 Å². The van der Waals surface area contributed by atoms with E-state index in [4.69, 9.17) is 0 Å². The van der Waals surface area contributed by atoms with Gasteiger partial charge in [0.2, 0.25) is 0 Å². The third-order valence-electron chi connectivity index (χ3n) is 8.13. The van der Waals surface area contributed by atoms with Gasteiger partial charge in [0.25, 0.3) is 5.91 Å². The summed E-state index contributed by atoms with van der Waals surface area (Å²) in [5.41, 5.74) is 4.47. The average Bonchev–Trinajstić information content (AvgIpc) is 3.30. The van der Waals surface area contributed by atoms with Crippen LogP contribution in [-0.4, -0.2) is 41.4 Å². The standard InChI is InChI=1S/C32H37FN2O/c1-24-11-8-9-18-30(24)31-23-34(20-25-12-10-15-28(33)19-25)21-27(31)22-35(29-16-6-3-7-17-29)32(36)26-13-4-2-5-14-26/h2,4-5,8-15,18-19,27,29,31H,3,6-7,16-17,20-23H2,1H3/t27-,31-/m1/s1. The Hall–Kier alpha value is -2.98. The maximum Gasteiger partial charge on any atom is 0.254 e. The molecular weight excluding hydrogens is 447 g/mol. The first-order valence-electron chi connectivity index (χ1n) is 13.5. The minimum absolute atomic E-state index is 0.162. The van der Waals surface area contributed by atoms with E-state index in [1.807, 2.05) is 36.4 Å². The summed E-state index contributed by atoms with van der Waals surface area (Å²) in [6, 6.07) is 25.7. The summed E-state index contributed by atoms with van der Waals surface area (Å²) in [5, 5.41) is 0. The van der Waals surface area contributed by atoms with E-state index in [-0.39, 0.29) is 11.7 Å². The van der Waals surface area contributed by atoms with E-state index < -0.39 is 0 Å². The number of rotatable bonds is 7. The van der Waals surface area contributed by atoms with Crippen molar-refractivity contribution in [1.82, 2.24) is 9.80 Å². The molecule has 3 aromatic carbocycles. The van der Waals surface area contributed by atoms with E-state index in [0.29, 0.717) is 17.9 Å². The molecule has 0 unspecified atom stereocenters. The van der Waals surface area contributed by atoms with E-state index in [1.165, 1.54) is 36.5 Å². The summed E-state index contributed by atoms with van der Waals surface area (Å²) < 4.78 is 13.9. The fourth-order valence-corrected chi connectivity index (χ4v) is 6.31. The molecule has 0 spiro atoms. The van der Waals surface area contributed by atoms with Gasteiger partial charge in [0.15, 0.2) is 0 Å². The molecule has 1 saturated heterocycles. The average molecular weight is 485 g/mol. The number of amides is 1. The van der Waals surface area contributed by atoms with Crippen molar-refractivity contribution in [2.24, 2.45) is 5.92 Å². The number of halogens is 1. The molecule has 1 saturated carbocycles. The van der Waals surface area contributed by atoms with E-state index >= 15 is 0 Å². The van der Waals surface area contributed by atoms with Crippen LogP contribution in [0.4, 0.5) is 4.39 Å². The summed E-state index contributed by atoms with van der Waals surface area (Å²) >= 11 is 0. The molecule has 36 heavy (non-hydrogen) atoms. The fraction of sp³-hybridized carbons (Fsp3) is 0.406. The first-order chi connectivity index (χ1) is 17.6. The Morgan fingerprint density at radius 1 is 0.917 bits per heavy atom. The van der Waals surface area contributed by atoms with Gasteiger partial charge in [-0.25, -0.2) is 4.39 Å². The number of hydrogen-bond acceptors (Lipinski definition) is 2. The molecule has 1 amide bonds. The Balaban J connectivity index is 1.43. The predicted octanol–water partition coefficient (Wildman–Crippen LogP) is 6.82. The Morgan fingerprint density at radius 2 is 1.67 bits per heavy atom. The van der Waals surface area contributed by atoms with Crippen LogP contribution in [0.15, 0.2) is 78.9 Å². The van der Waals surface area contributed by atoms with Gasteiger partial charge in [-0.05, 0) is 66.6 Å². The fourth-order valence-electron chi connectivity index (χ4n) is 6.31. The maximum atomic E-state index is 13.9. The molecule has 0 radical (unpaired) electrons. The second kappa shape index (κ2) is 11.4. The monoisotopic (exact) mass is 484 g/mol. The van der Waals surface area contributed by atoms with Crippen molar-refractivity contribution in [2.45, 2.75) is 57.5 Å². The van der Waals surface area contributed by atoms with Gasteiger partial charge < -0.3 is 4.90 Å². The van der Waals surface area contributed by atoms with Gasteiger partial charge in [-0.2, -0.15) is 0 Å². The van der Waals surface area contributed by atoms with E-state index in [9.17, 15) is 9.18 Å². The summed E-state index contributed by atoms with van der Waals surface area (Å²) in [6.07, 6.45) is 5.84. The Bertz CT molecular complexity index is 1160. The molecular formula is C32H37FN2O. The van der Waals surface area contributed by atoms with Gasteiger partial charge in [-0.15, -0.1) is 0 Å². The highest BCUT2D eigenvalue weighted by Crippen LogP contribution is 2.37. The first kappa shape index (κ1) is 24.7. The van der Waals surface area contributed by atoms with Crippen LogP contribution in [0.2, 0.25) is 0 Å². The van der Waals surface area contributed by atoms with E-state index in [2.05, 4.69) is 41.0 Å². The van der Waals surface area contributed by atoms with E-state index in [0.717, 1.165) is 50.1 Å². The largest absolute Gasteiger partial charge is 0.335 e. The van der Waals surface area contributed by atoms with Gasteiger partial charge >= 0.3 is 0 Å². The molecule has 1 aliphatic heterocycles. The molecule has 3 aromatic rings. The third kappa shape index (κ3) is 5.70. The van der Waals surface area contributed by atoms with Crippen molar-refractivity contribution in [2.75, 3.05) is 19.6 Å². The summed E-state index contributed by atoms with van der Waals surface area (Å²) in [4.78, 5) is 18.5. The van der Waals surface area contributed by atoms with Crippen LogP contribution in [0.3, 0.4) is 0 Å². The number of aryl methyl sites for hydroxylation is 1. The van der Waals surface area contributed by atoms with Crippen molar-refractivity contribution >= 4 is 5.91 Å². The molecule has 2 fully saturated rings. The van der Waals surface area contributed by atoms with Crippen LogP contribution in [0.5, 0.6) is 0 Å². The SMILES string of the molecule is Cc1ccccc1[C@@H]1CN(Cc2cccc(F)c2)C[C@@H]1CN(C(=O)c1ccccc1)C1CCCCC1. The lowest BCUT2D eigenvalue weighted by molar-refractivity contribution is 0.0588. The minimum atomic E-state index is -0.185. The number of likely N-dealkylation sites (tertiary alicyclic amines) is 1. The zero-order chi connectivity index (χ0) is 24.9. The first-order valence-corrected chi connectivity index (χ1v) is 13.5. The molecule has 5 rings (SSSR count). The highest BCUT2D eigenvalue weighted by atomic mass is 19.1. The lowest BCUT2D eigenvalue weighted by atomic mass is 9.85. The van der Waals surface area contributed by atoms with Gasteiger partial charge in [0.05, 0.1) is 0 Å². The predicted molar refractivity (Wildman–Crippen MR) is 143 cm³/mol. The van der Waals surface area contributed by atoms with Crippen molar-refractivity contribution in [3.63, 3.8) is 0 Å². The van der Waals surface area contributed by atoms with Crippen molar-refractivity contribution in [3.05, 3.63) is 107 Å². The van der Waals surface area contributed by atoms with Crippen molar-refractivity contribution < 1.29 is 9.18 Å². The zero-order valence-electron chi connectivity index (χ0n) is 21.3. The molecule has 1 heterocycles. The lowest BCUT2D eigenvalue weighted by Gasteiger charge is -2.37. The highest BCUT2D eigenvalue weighted by molar-refractivity contribution is 5.94. The van der Waals surface area contributed by atoms with Gasteiger partial charge in [0.1, 0.15) is 5.82 Å². The Labute approximate surface area is 214 Å². The Kier molecular flexibility index (Phi) is 7.81. The molecule has 0 bridgehead atoms. The molecule has 2 aliphatic rings. The number of carbonyl (C=O) groups is 1. The molecule has 2 atom stereocenters. The van der Waals surface area contributed by atoms with Crippen LogP contribution >= 0.6 is 0 Å². The van der Waals surface area contributed by atoms with Gasteiger partial charge in [-0.3, -0.25) is 9.69 Å². The topological polar surface area (TPSA) is 23.6 Å². The minimum Gasteiger partial charge on any atom is -0.335 e. The van der Waals surface area contributed by atoms with Gasteiger partial charge in [0, 0.05) is 43.7 Å². The Morgan fingerprint density at radius 3 is 2.42 bits per heavy atom. The molecule has 0 aromatic heterocycles. The van der Waals surface area contributed by atoms with Crippen LogP contribution in [0.25, 0.3) is 0 Å². The molecule has 188 valence electrons. The van der Waals surface area contributed by atoms with Gasteiger partial charge in [-0.1, -0.05) is 73.9 Å². The van der Waals surface area contributed by atoms with Crippen LogP contribution in [-0.2, 0) is 6.54 Å². The zero-order valence-corrected chi connectivity index (χ0v) is 21.3.